The number of carbonyl (C=O) groups excluding carboxylic acids is 3. The summed E-state index contributed by atoms with van der Waals surface area (Å²) < 4.78 is 0. The second-order valence-corrected chi connectivity index (χ2v) is 3.48. The molecular weight excluding hydrogens is 197 g/mol. The van der Waals surface area contributed by atoms with E-state index in [-0.39, 0.29) is 47.7 Å². The van der Waals surface area contributed by atoms with Crippen LogP contribution in [-0.4, -0.2) is 34.6 Å². The zero-order valence-corrected chi connectivity index (χ0v) is 10.0. The van der Waals surface area contributed by atoms with E-state index in [0.717, 1.165) is 4.90 Å². The van der Waals surface area contributed by atoms with E-state index in [1.807, 2.05) is 0 Å². The van der Waals surface area contributed by atoms with Gasteiger partial charge in [0.2, 0.25) is 5.91 Å². The monoisotopic (exact) mass is 205 g/mol. The van der Waals surface area contributed by atoms with E-state index >= 15 is 0 Å². The van der Waals surface area contributed by atoms with E-state index in [4.69, 9.17) is 0 Å². The number of nitrogens with zero attached hydrogens (tertiary/aromatic N) is 1. The van der Waals surface area contributed by atoms with Crippen LogP contribution in [0, 0.1) is 5.92 Å². The predicted molar refractivity (Wildman–Crippen MR) is 38.2 cm³/mol. The topological polar surface area (TPSA) is 77.5 Å². The summed E-state index contributed by atoms with van der Waals surface area (Å²) in [5.74, 6) is -2.39. The van der Waals surface area contributed by atoms with Crippen molar-refractivity contribution in [2.45, 2.75) is 25.4 Å². The number of aliphatic carboxylic acids is 1. The molecule has 2 heterocycles. The molecule has 2 saturated heterocycles. The molecule has 6 heteroatoms. The van der Waals surface area contributed by atoms with Crippen molar-refractivity contribution in [3.05, 3.63) is 0 Å². The van der Waals surface area contributed by atoms with E-state index in [1.165, 1.54) is 6.92 Å². The molecule has 0 aromatic heterocycles. The van der Waals surface area contributed by atoms with Crippen LogP contribution in [0.3, 0.4) is 0 Å². The Labute approximate surface area is 103 Å². The number of carboxylic acids is 1. The first-order valence-corrected chi connectivity index (χ1v) is 4.10. The van der Waals surface area contributed by atoms with Crippen molar-refractivity contribution in [2.24, 2.45) is 5.92 Å². The summed E-state index contributed by atoms with van der Waals surface area (Å²) in [7, 11) is 0. The Bertz CT molecular complexity index is 316. The molecule has 1 amide bonds. The van der Waals surface area contributed by atoms with Crippen LogP contribution >= 0.6 is 0 Å². The van der Waals surface area contributed by atoms with Crippen molar-refractivity contribution in [3.63, 3.8) is 0 Å². The summed E-state index contributed by atoms with van der Waals surface area (Å²) >= 11 is 0. The predicted octanol–water partition coefficient (Wildman–Crippen LogP) is -5.07. The number of carboxylic acid groups (broad SMARTS) is 1. The summed E-state index contributed by atoms with van der Waals surface area (Å²) in [4.78, 5) is 34.1. The summed E-state index contributed by atoms with van der Waals surface area (Å²) in [6.07, 6.45) is 0.160. The fourth-order valence-electron chi connectivity index (χ4n) is 2.03. The third kappa shape index (κ3) is 1.31. The van der Waals surface area contributed by atoms with Gasteiger partial charge >= 0.3 is 29.6 Å². The van der Waals surface area contributed by atoms with Gasteiger partial charge in [0.15, 0.2) is 5.78 Å². The second-order valence-electron chi connectivity index (χ2n) is 3.48. The Morgan fingerprint density at radius 3 is 2.43 bits per heavy atom. The Morgan fingerprint density at radius 2 is 2.07 bits per heavy atom. The van der Waals surface area contributed by atoms with Crippen LogP contribution in [0.2, 0.25) is 0 Å². The molecule has 0 N–H and O–H groups in total. The molecular formula is C8H8NNaO4. The second kappa shape index (κ2) is 3.64. The van der Waals surface area contributed by atoms with Crippen molar-refractivity contribution < 1.29 is 49.0 Å². The molecule has 0 spiro atoms. The summed E-state index contributed by atoms with van der Waals surface area (Å²) in [6, 6.07) is -1.54. The van der Waals surface area contributed by atoms with Crippen LogP contribution in [0.1, 0.15) is 13.3 Å². The zero-order chi connectivity index (χ0) is 9.75. The standard InChI is InChI=1S/C8H9NO4.Na/c1-3-6(8(12)13)9-4(7(3)11)2-5(9)10;/h3-4,6H,2H2,1H3,(H,12,13);/q;+1/p-1/t3?,4-,6?;/m0./s1. The smallest absolute Gasteiger partial charge is 0.548 e. The molecule has 2 rings (SSSR count). The normalized spacial score (nSPS) is 34.6. The average Bonchev–Trinajstić information content (AvgIpc) is 2.24. The van der Waals surface area contributed by atoms with E-state index in [1.54, 1.807) is 0 Å². The average molecular weight is 205 g/mol. The Balaban J connectivity index is 0.000000980. The van der Waals surface area contributed by atoms with Crippen LogP contribution in [0.4, 0.5) is 0 Å². The molecule has 2 aliphatic rings. The van der Waals surface area contributed by atoms with E-state index in [0.29, 0.717) is 0 Å². The van der Waals surface area contributed by atoms with Gasteiger partial charge in [-0.05, 0) is 0 Å². The minimum atomic E-state index is -1.34. The van der Waals surface area contributed by atoms with Gasteiger partial charge in [-0.25, -0.2) is 0 Å². The quantitative estimate of drug-likeness (QED) is 0.317. The maximum absolute atomic E-state index is 11.3. The number of fused-ring (bicyclic) bond motifs is 1. The molecule has 5 nitrogen and oxygen atoms in total. The largest absolute Gasteiger partial charge is 1.00 e. The number of carbonyl (C=O) groups is 3. The molecule has 0 aliphatic carbocycles. The number of hydrogen-bond acceptors (Lipinski definition) is 4. The minimum absolute atomic E-state index is 0. The fourth-order valence-corrected chi connectivity index (χ4v) is 2.03. The Morgan fingerprint density at radius 1 is 1.50 bits per heavy atom. The van der Waals surface area contributed by atoms with Gasteiger partial charge in [0.1, 0.15) is 6.04 Å². The van der Waals surface area contributed by atoms with E-state index < -0.39 is 24.0 Å². The molecule has 0 aromatic carbocycles. The van der Waals surface area contributed by atoms with Gasteiger partial charge < -0.3 is 14.8 Å². The molecule has 0 aromatic rings. The van der Waals surface area contributed by atoms with Gasteiger partial charge in [0.05, 0.1) is 18.4 Å². The summed E-state index contributed by atoms with van der Waals surface area (Å²) in [5.41, 5.74) is 0. The number of hydrogen-bond donors (Lipinski definition) is 0. The van der Waals surface area contributed by atoms with Gasteiger partial charge in [-0.2, -0.15) is 0 Å². The Hall–Kier alpha value is -0.390. The third-order valence-electron chi connectivity index (χ3n) is 2.78. The first-order chi connectivity index (χ1) is 6.04. The van der Waals surface area contributed by atoms with Crippen LogP contribution < -0.4 is 34.7 Å². The van der Waals surface area contributed by atoms with Crippen LogP contribution in [-0.2, 0) is 14.4 Å². The van der Waals surface area contributed by atoms with Crippen molar-refractivity contribution >= 4 is 17.7 Å². The van der Waals surface area contributed by atoms with Crippen molar-refractivity contribution in [2.75, 3.05) is 0 Å². The molecule has 0 bridgehead atoms. The van der Waals surface area contributed by atoms with Crippen LogP contribution in [0.25, 0.3) is 0 Å². The molecule has 2 unspecified atom stereocenters. The van der Waals surface area contributed by atoms with Crippen molar-refractivity contribution in [1.29, 1.82) is 0 Å². The van der Waals surface area contributed by atoms with Crippen molar-refractivity contribution in [1.82, 2.24) is 4.90 Å². The van der Waals surface area contributed by atoms with Crippen LogP contribution in [0.15, 0.2) is 0 Å². The number of β-lactam (4-membered cyclic amide) rings is 1. The first kappa shape index (κ1) is 11.7. The zero-order valence-electron chi connectivity index (χ0n) is 8.02. The maximum Gasteiger partial charge on any atom is 1.00 e. The molecule has 14 heavy (non-hydrogen) atoms. The van der Waals surface area contributed by atoms with Gasteiger partial charge in [0.25, 0.3) is 0 Å². The van der Waals surface area contributed by atoms with Gasteiger partial charge in [-0.3, -0.25) is 9.59 Å². The SMILES string of the molecule is CC1C(=O)[C@@H]2CC(=O)N2C1C(=O)[O-].[Na+]. The number of amides is 1. The first-order valence-electron chi connectivity index (χ1n) is 4.10. The molecule has 70 valence electrons. The fraction of sp³-hybridized carbons (Fsp3) is 0.625. The molecule has 0 saturated carbocycles. The van der Waals surface area contributed by atoms with Gasteiger partial charge in [-0.15, -0.1) is 0 Å². The molecule has 3 atom stereocenters. The molecule has 0 radical (unpaired) electrons. The number of rotatable bonds is 1. The maximum atomic E-state index is 11.3. The third-order valence-corrected chi connectivity index (χ3v) is 2.78. The van der Waals surface area contributed by atoms with E-state index in [2.05, 4.69) is 0 Å². The van der Waals surface area contributed by atoms with Crippen molar-refractivity contribution in [3.8, 4) is 0 Å². The van der Waals surface area contributed by atoms with E-state index in [9.17, 15) is 19.5 Å². The number of Topliss-reactive ketones (excluding diaryl/α,β-unsaturated/α-hetero) is 1. The van der Waals surface area contributed by atoms with Gasteiger partial charge in [-0.1, -0.05) is 6.92 Å². The molecule has 2 fully saturated rings. The van der Waals surface area contributed by atoms with Crippen LogP contribution in [0.5, 0.6) is 0 Å². The molecule has 2 aliphatic heterocycles. The summed E-state index contributed by atoms with van der Waals surface area (Å²) in [6.45, 7) is 1.52. The minimum Gasteiger partial charge on any atom is -0.548 e. The summed E-state index contributed by atoms with van der Waals surface area (Å²) in [5, 5.41) is 10.6. The Kier molecular flexibility index (Phi) is 3.04. The number of ketones is 1. The van der Waals surface area contributed by atoms with Gasteiger partial charge in [0, 0.05) is 5.92 Å².